The molecule has 6 atom stereocenters. The van der Waals surface area contributed by atoms with E-state index in [2.05, 4.69) is 62.9 Å². The Hall–Kier alpha value is -12.4. The number of carbonyl (C=O) groups excluding carboxylic acids is 3. The van der Waals surface area contributed by atoms with Crippen LogP contribution in [-0.4, -0.2) is 152 Å². The third-order valence-electron chi connectivity index (χ3n) is 24.9. The number of aryl methyl sites for hydroxylation is 3. The number of nitrogen functional groups attached to an aromatic ring is 3. The van der Waals surface area contributed by atoms with Gasteiger partial charge >= 0.3 is 0 Å². The predicted octanol–water partition coefficient (Wildman–Crippen LogP) is 22.1. The molecule has 42 heteroatoms. The molecule has 3 saturated heterocycles. The van der Waals surface area contributed by atoms with E-state index < -0.39 is 98.4 Å². The van der Waals surface area contributed by atoms with E-state index in [0.717, 1.165) is 0 Å². The molecule has 9 aromatic heterocycles. The molecule has 3 amide bonds. The summed E-state index contributed by atoms with van der Waals surface area (Å²) < 4.78 is 80.4. The molecule has 0 bridgehead atoms. The molecule has 141 heavy (non-hydrogen) atoms. The molecule has 0 radical (unpaired) electrons. The van der Waals surface area contributed by atoms with Gasteiger partial charge in [0.15, 0.2) is 29.1 Å². The van der Waals surface area contributed by atoms with Gasteiger partial charge in [0.2, 0.25) is 17.7 Å². The molecule has 15 rings (SSSR count). The minimum Gasteiger partial charge on any atom is -0.396 e. The SMILES string of the molecule is C=CC(=O)N1[C@H](C)CN(c2c(C#N)c(=O)n(-c3c(C)ccnc3C(C)C)c3nc(-c4c(Cl)c(N)c(Cl)c(F)c4Cl)c(Cl)cc23)C[C@@H]1C.C=CC(=O)N1[C@H](C)CN(c2c(C#N)c(=O)n(-c3c(C)ccnc3C(C)C)c3nc(-c4c(F)c(N)c(Cl)c(F)c4Cl)c(Cl)cc23)C[C@@H]1C.C=CC(=O)N1[C@H](C)CN(c2c(C#N)c(=O)n(-c3c(C)ccnc3C(C)C)c3nc(-c4c(F)c(N)c(Cl)c(F)c4Cl)c(Cl)cc23)C[C@@H]1C. The molecule has 3 aliphatic rings. The Bertz CT molecular complexity index is 6860. The number of amides is 3. The summed E-state index contributed by atoms with van der Waals surface area (Å²) in [5.41, 5.74) is 17.1. The van der Waals surface area contributed by atoms with Crippen molar-refractivity contribution >= 4 is 201 Å². The lowest BCUT2D eigenvalue weighted by atomic mass is 10.0. The van der Waals surface area contributed by atoms with Gasteiger partial charge in [0.05, 0.1) is 132 Å². The predicted molar refractivity (Wildman–Crippen MR) is 550 cm³/mol. The van der Waals surface area contributed by atoms with E-state index in [-0.39, 0.29) is 215 Å². The first-order valence-corrected chi connectivity index (χ1v) is 47.6. The number of aromatic nitrogens is 9. The van der Waals surface area contributed by atoms with Crippen LogP contribution in [0.15, 0.2) is 107 Å². The Balaban J connectivity index is 0.000000178. The number of pyridine rings is 9. The lowest BCUT2D eigenvalue weighted by molar-refractivity contribution is -0.131. The van der Waals surface area contributed by atoms with Gasteiger partial charge in [-0.15, -0.1) is 0 Å². The van der Waals surface area contributed by atoms with E-state index in [1.165, 1.54) is 50.1 Å². The van der Waals surface area contributed by atoms with Gasteiger partial charge in [0.25, 0.3) is 16.7 Å². The van der Waals surface area contributed by atoms with Gasteiger partial charge in [0.1, 0.15) is 66.9 Å². The summed E-state index contributed by atoms with van der Waals surface area (Å²) in [6.07, 6.45) is 8.60. The monoisotopic (exact) mass is 2110 g/mol. The minimum atomic E-state index is -1.17. The molecule has 3 aliphatic heterocycles. The summed E-state index contributed by atoms with van der Waals surface area (Å²) in [6.45, 7) is 40.4. The van der Waals surface area contributed by atoms with Crippen LogP contribution in [0.1, 0.15) is 151 Å². The second-order valence-electron chi connectivity index (χ2n) is 35.3. The summed E-state index contributed by atoms with van der Waals surface area (Å²) in [5.74, 6) is -6.84. The summed E-state index contributed by atoms with van der Waals surface area (Å²) in [7, 11) is 0. The number of benzene rings is 3. The van der Waals surface area contributed by atoms with E-state index >= 15 is 22.0 Å². The fourth-order valence-electron chi connectivity index (χ4n) is 18.8. The molecule has 732 valence electrons. The molecular formula is C99H90Cl10F5N21O6. The van der Waals surface area contributed by atoms with E-state index in [9.17, 15) is 44.6 Å². The Kier molecular flexibility index (Phi) is 31.3. The molecule has 3 aromatic carbocycles. The van der Waals surface area contributed by atoms with Crippen molar-refractivity contribution in [3.63, 3.8) is 0 Å². The number of piperazine rings is 3. The summed E-state index contributed by atoms with van der Waals surface area (Å²) in [6, 6.07) is 13.9. The molecular weight excluding hydrogens is 2030 g/mol. The second kappa shape index (κ2) is 41.7. The maximum Gasteiger partial charge on any atom is 0.276 e. The van der Waals surface area contributed by atoms with E-state index in [1.807, 2.05) is 105 Å². The number of nitriles is 3. The van der Waals surface area contributed by atoms with E-state index in [0.29, 0.717) is 61.9 Å². The smallest absolute Gasteiger partial charge is 0.276 e. The highest BCUT2D eigenvalue weighted by molar-refractivity contribution is 6.46. The minimum absolute atomic E-state index is 0.00804. The number of hydrogen-bond donors (Lipinski definition) is 3. The highest BCUT2D eigenvalue weighted by atomic mass is 35.5. The van der Waals surface area contributed by atoms with Gasteiger partial charge in [-0.3, -0.25) is 57.4 Å². The van der Waals surface area contributed by atoms with Crippen molar-refractivity contribution in [1.82, 2.24) is 58.3 Å². The van der Waals surface area contributed by atoms with Crippen LogP contribution >= 0.6 is 116 Å². The highest BCUT2D eigenvalue weighted by Crippen LogP contribution is 2.51. The molecule has 0 unspecified atom stereocenters. The van der Waals surface area contributed by atoms with Gasteiger partial charge < -0.3 is 46.6 Å². The van der Waals surface area contributed by atoms with Gasteiger partial charge in [0, 0.05) is 116 Å². The Morgan fingerprint density at radius 3 is 0.851 bits per heavy atom. The number of fused-ring (bicyclic) bond motifs is 3. The first-order chi connectivity index (χ1) is 66.5. The van der Waals surface area contributed by atoms with Gasteiger partial charge in [-0.05, 0) is 151 Å². The zero-order valence-electron chi connectivity index (χ0n) is 78.4. The van der Waals surface area contributed by atoms with Crippen LogP contribution in [0.25, 0.3) is 83.9 Å². The Labute approximate surface area is 856 Å². The molecule has 27 nitrogen and oxygen atoms in total. The third kappa shape index (κ3) is 18.5. The number of nitrogens with zero attached hydrogens (tertiary/aromatic N) is 18. The fourth-order valence-corrected chi connectivity index (χ4v) is 21.4. The maximum atomic E-state index is 15.7. The summed E-state index contributed by atoms with van der Waals surface area (Å²) in [5, 5.41) is 28.2. The molecule has 0 aliphatic carbocycles. The second-order valence-corrected chi connectivity index (χ2v) is 39.2. The fraction of sp³-hybridized carbons (Fsp3) is 0.303. The van der Waals surface area contributed by atoms with Crippen molar-refractivity contribution in [2.75, 3.05) is 71.2 Å². The van der Waals surface area contributed by atoms with Crippen LogP contribution < -0.4 is 48.6 Å². The Morgan fingerprint density at radius 1 is 0.383 bits per heavy atom. The molecule has 0 spiro atoms. The van der Waals surface area contributed by atoms with Crippen LogP contribution in [0.5, 0.6) is 0 Å². The van der Waals surface area contributed by atoms with Crippen LogP contribution in [0.4, 0.5) is 56.1 Å². The number of halogens is 15. The molecule has 12 heterocycles. The van der Waals surface area contributed by atoms with E-state index in [1.54, 1.807) is 65.3 Å². The molecule has 3 fully saturated rings. The average Bonchev–Trinajstić information content (AvgIpc) is 0.725. The van der Waals surface area contributed by atoms with Gasteiger partial charge in [-0.1, -0.05) is 177 Å². The number of carbonyl (C=O) groups is 3. The first-order valence-electron chi connectivity index (χ1n) is 43.9. The van der Waals surface area contributed by atoms with Crippen LogP contribution in [0.3, 0.4) is 0 Å². The summed E-state index contributed by atoms with van der Waals surface area (Å²) >= 11 is 63.8. The lowest BCUT2D eigenvalue weighted by Crippen LogP contribution is -2.58. The zero-order valence-corrected chi connectivity index (χ0v) is 85.9. The number of anilines is 6. The van der Waals surface area contributed by atoms with Gasteiger partial charge in [-0.25, -0.2) is 36.9 Å². The topological polar surface area (TPSA) is 363 Å². The molecule has 6 N–H and O–H groups in total. The molecule has 0 saturated carbocycles. The number of nitrogens with two attached hydrogens (primary N) is 3. The molecule has 12 aromatic rings. The van der Waals surface area contributed by atoms with E-state index in [4.69, 9.17) is 138 Å². The number of rotatable bonds is 15. The van der Waals surface area contributed by atoms with Crippen molar-refractivity contribution in [2.45, 2.75) is 158 Å². The average molecular weight is 2120 g/mol. The highest BCUT2D eigenvalue weighted by Gasteiger charge is 2.42. The van der Waals surface area contributed by atoms with Crippen LogP contribution in [0.2, 0.25) is 50.2 Å². The third-order valence-corrected chi connectivity index (χ3v) is 28.4. The van der Waals surface area contributed by atoms with Crippen molar-refractivity contribution in [2.24, 2.45) is 0 Å². The largest absolute Gasteiger partial charge is 0.396 e. The first kappa shape index (κ1) is 106. The maximum absolute atomic E-state index is 15.7. The van der Waals surface area contributed by atoms with Gasteiger partial charge in [-0.2, -0.15) is 15.8 Å². The normalized spacial score (nSPS) is 16.6. The van der Waals surface area contributed by atoms with Crippen LogP contribution in [-0.2, 0) is 14.4 Å². The lowest BCUT2D eigenvalue weighted by Gasteiger charge is -2.45. The van der Waals surface area contributed by atoms with Crippen molar-refractivity contribution in [1.29, 1.82) is 15.8 Å². The van der Waals surface area contributed by atoms with Crippen molar-refractivity contribution in [3.8, 4) is 69.0 Å². The van der Waals surface area contributed by atoms with Crippen LogP contribution in [0, 0.1) is 83.9 Å². The Morgan fingerprint density at radius 2 is 0.617 bits per heavy atom. The number of hydrogen-bond acceptors (Lipinski definition) is 21. The summed E-state index contributed by atoms with van der Waals surface area (Å²) in [4.78, 5) is 120. The zero-order chi connectivity index (χ0) is 104. The quantitative estimate of drug-likeness (QED) is 0.0282. The van der Waals surface area contributed by atoms with Crippen molar-refractivity contribution < 1.29 is 36.3 Å². The van der Waals surface area contributed by atoms with Crippen molar-refractivity contribution in [3.05, 3.63) is 254 Å². The standard InChI is InChI=1S/C33H30Cl4FN7O2.2C33H30Cl3F2N7O2/c1-7-21(46)44-16(5)12-43(13-17(44)6)31-18-10-20(34)29(22-23(35)26(38)25(37)27(40)24(22)36)42-32(18)45(33(47)19(31)11-39)30-15(4)8-9-41-28(30)14(2)3;2*1-7-21(46)44-16(5)12-43(13-17(44)6)31-18-10-20(34)29(22-23(35)26(38)24(36)27(40)25(22)37)42-32(18)45(33(47)19(31)11-39)30-15(4)8-9-41-28(30)14(2)3/h3*7-10,14,16-17H,1,12-13,40H2,2-6H3/t3*16-,17+.